The molecule has 0 spiro atoms. The number of aryl methyl sites for hydroxylation is 2. The van der Waals surface area contributed by atoms with Gasteiger partial charge in [-0.15, -0.1) is 0 Å². The molecule has 0 bridgehead atoms. The van der Waals surface area contributed by atoms with Crippen molar-refractivity contribution in [2.24, 2.45) is 0 Å². The van der Waals surface area contributed by atoms with Gasteiger partial charge in [0.25, 0.3) is 5.91 Å². The zero-order chi connectivity index (χ0) is 17.8. The molecule has 132 valence electrons. The summed E-state index contributed by atoms with van der Waals surface area (Å²) in [7, 11) is 0. The Balaban J connectivity index is 1.43. The third kappa shape index (κ3) is 4.12. The molecule has 0 saturated carbocycles. The minimum Gasteiger partial charge on any atom is -0.486 e. The van der Waals surface area contributed by atoms with E-state index >= 15 is 0 Å². The van der Waals surface area contributed by atoms with Crippen LogP contribution in [0.4, 0.5) is 0 Å². The Kier molecular flexibility index (Phi) is 4.92. The standard InChI is InChI=1S/C18H19NO6/c1-11-7-14(12(2)24-11)18(21)23-10-17(20)19-8-13-9-22-15-5-3-4-6-16(15)25-13/h3-7,13H,8-10H2,1-2H3,(H,19,20)/t13-/m0/s1. The number of para-hydroxylation sites is 2. The number of esters is 1. The average Bonchev–Trinajstić information content (AvgIpc) is 2.96. The Bertz CT molecular complexity index is 782. The van der Waals surface area contributed by atoms with Crippen LogP contribution in [0.25, 0.3) is 0 Å². The fourth-order valence-corrected chi connectivity index (χ4v) is 2.48. The molecule has 0 aliphatic carbocycles. The third-order valence-corrected chi connectivity index (χ3v) is 3.69. The molecule has 1 atom stereocenters. The molecule has 7 nitrogen and oxygen atoms in total. The van der Waals surface area contributed by atoms with Crippen LogP contribution >= 0.6 is 0 Å². The van der Waals surface area contributed by atoms with Crippen molar-refractivity contribution >= 4 is 11.9 Å². The summed E-state index contributed by atoms with van der Waals surface area (Å²) >= 11 is 0. The van der Waals surface area contributed by atoms with Gasteiger partial charge in [0.2, 0.25) is 0 Å². The molecule has 1 aliphatic rings. The van der Waals surface area contributed by atoms with Crippen LogP contribution in [0.1, 0.15) is 21.9 Å². The first-order valence-electron chi connectivity index (χ1n) is 7.92. The molecule has 7 heteroatoms. The van der Waals surface area contributed by atoms with Gasteiger partial charge in [0.15, 0.2) is 18.1 Å². The summed E-state index contributed by atoms with van der Waals surface area (Å²) in [5.41, 5.74) is 0.325. The lowest BCUT2D eigenvalue weighted by molar-refractivity contribution is -0.124. The molecule has 1 N–H and O–H groups in total. The van der Waals surface area contributed by atoms with Gasteiger partial charge in [-0.1, -0.05) is 12.1 Å². The topological polar surface area (TPSA) is 87.0 Å². The summed E-state index contributed by atoms with van der Waals surface area (Å²) in [4.78, 5) is 23.8. The van der Waals surface area contributed by atoms with E-state index in [1.807, 2.05) is 18.2 Å². The highest BCUT2D eigenvalue weighted by Crippen LogP contribution is 2.30. The number of amides is 1. The second-order valence-electron chi connectivity index (χ2n) is 5.70. The number of benzene rings is 1. The molecule has 0 fully saturated rings. The number of furan rings is 1. The van der Waals surface area contributed by atoms with E-state index in [2.05, 4.69) is 5.32 Å². The maximum Gasteiger partial charge on any atom is 0.342 e. The largest absolute Gasteiger partial charge is 0.486 e. The Labute approximate surface area is 144 Å². The lowest BCUT2D eigenvalue weighted by Crippen LogP contribution is -2.42. The van der Waals surface area contributed by atoms with Crippen molar-refractivity contribution in [2.75, 3.05) is 19.8 Å². The summed E-state index contributed by atoms with van der Waals surface area (Å²) in [6, 6.07) is 8.92. The highest BCUT2D eigenvalue weighted by Gasteiger charge is 2.21. The normalized spacial score (nSPS) is 15.5. The van der Waals surface area contributed by atoms with Gasteiger partial charge in [-0.2, -0.15) is 0 Å². The van der Waals surface area contributed by atoms with Crippen molar-refractivity contribution in [3.63, 3.8) is 0 Å². The van der Waals surface area contributed by atoms with Crippen LogP contribution in [0, 0.1) is 13.8 Å². The maximum atomic E-state index is 11.9. The predicted octanol–water partition coefficient (Wildman–Crippen LogP) is 2.01. The summed E-state index contributed by atoms with van der Waals surface area (Å²) in [5.74, 6) is 1.41. The predicted molar refractivity (Wildman–Crippen MR) is 87.8 cm³/mol. The zero-order valence-corrected chi connectivity index (χ0v) is 14.0. The molecule has 3 rings (SSSR count). The second-order valence-corrected chi connectivity index (χ2v) is 5.70. The van der Waals surface area contributed by atoms with Crippen LogP contribution in [0.2, 0.25) is 0 Å². The maximum absolute atomic E-state index is 11.9. The highest BCUT2D eigenvalue weighted by atomic mass is 16.6. The number of nitrogens with one attached hydrogen (secondary N) is 1. The van der Waals surface area contributed by atoms with Crippen LogP contribution < -0.4 is 14.8 Å². The van der Waals surface area contributed by atoms with Gasteiger partial charge in [-0.05, 0) is 32.0 Å². The molecule has 1 aromatic heterocycles. The van der Waals surface area contributed by atoms with E-state index in [1.165, 1.54) is 0 Å². The van der Waals surface area contributed by atoms with Crippen molar-refractivity contribution in [1.29, 1.82) is 0 Å². The van der Waals surface area contributed by atoms with Crippen LogP contribution in [-0.2, 0) is 9.53 Å². The van der Waals surface area contributed by atoms with Gasteiger partial charge in [0.1, 0.15) is 29.8 Å². The van der Waals surface area contributed by atoms with Gasteiger partial charge in [-0.25, -0.2) is 4.79 Å². The van der Waals surface area contributed by atoms with Crippen molar-refractivity contribution in [3.05, 3.63) is 47.4 Å². The van der Waals surface area contributed by atoms with E-state index in [9.17, 15) is 9.59 Å². The van der Waals surface area contributed by atoms with E-state index < -0.39 is 11.9 Å². The average molecular weight is 345 g/mol. The third-order valence-electron chi connectivity index (χ3n) is 3.69. The fraction of sp³-hybridized carbons (Fsp3) is 0.333. The second kappa shape index (κ2) is 7.29. The Morgan fingerprint density at radius 1 is 1.24 bits per heavy atom. The molecule has 2 heterocycles. The van der Waals surface area contributed by atoms with Gasteiger partial charge < -0.3 is 23.9 Å². The van der Waals surface area contributed by atoms with Crippen molar-refractivity contribution in [3.8, 4) is 11.5 Å². The van der Waals surface area contributed by atoms with E-state index in [4.69, 9.17) is 18.6 Å². The van der Waals surface area contributed by atoms with E-state index in [-0.39, 0.29) is 19.3 Å². The van der Waals surface area contributed by atoms with E-state index in [0.29, 0.717) is 35.2 Å². The zero-order valence-electron chi connectivity index (χ0n) is 14.0. The molecule has 0 radical (unpaired) electrons. The van der Waals surface area contributed by atoms with Crippen molar-refractivity contribution < 1.29 is 28.2 Å². The van der Waals surface area contributed by atoms with Crippen LogP contribution in [0.15, 0.2) is 34.7 Å². The molecule has 2 aromatic rings. The molecule has 25 heavy (non-hydrogen) atoms. The molecule has 1 aliphatic heterocycles. The van der Waals surface area contributed by atoms with Crippen molar-refractivity contribution in [1.82, 2.24) is 5.32 Å². The molecular weight excluding hydrogens is 326 g/mol. The molecule has 1 amide bonds. The first-order valence-corrected chi connectivity index (χ1v) is 7.92. The summed E-state index contributed by atoms with van der Waals surface area (Å²) in [6.45, 7) is 3.63. The van der Waals surface area contributed by atoms with Crippen LogP contribution in [0.3, 0.4) is 0 Å². The SMILES string of the molecule is Cc1cc(C(=O)OCC(=O)NC[C@H]2COc3ccccc3O2)c(C)o1. The molecule has 0 saturated heterocycles. The van der Waals surface area contributed by atoms with Crippen molar-refractivity contribution in [2.45, 2.75) is 20.0 Å². The number of hydrogen-bond donors (Lipinski definition) is 1. The first-order chi connectivity index (χ1) is 12.0. The van der Waals surface area contributed by atoms with Gasteiger partial charge >= 0.3 is 5.97 Å². The van der Waals surface area contributed by atoms with Gasteiger partial charge in [-0.3, -0.25) is 4.79 Å². The van der Waals surface area contributed by atoms with Crippen LogP contribution in [-0.4, -0.2) is 37.7 Å². The van der Waals surface area contributed by atoms with Gasteiger partial charge in [0, 0.05) is 0 Å². The molecule has 0 unspecified atom stereocenters. The van der Waals surface area contributed by atoms with Gasteiger partial charge in [0.05, 0.1) is 6.54 Å². The number of rotatable bonds is 5. The number of ether oxygens (including phenoxy) is 3. The molecule has 1 aromatic carbocycles. The summed E-state index contributed by atoms with van der Waals surface area (Å²) in [6.07, 6.45) is -0.298. The van der Waals surface area contributed by atoms with E-state index in [1.54, 1.807) is 26.0 Å². The Morgan fingerprint density at radius 3 is 2.72 bits per heavy atom. The number of carbonyl (C=O) groups excluding carboxylic acids is 2. The number of carbonyl (C=O) groups is 2. The smallest absolute Gasteiger partial charge is 0.342 e. The Morgan fingerprint density at radius 2 is 2.00 bits per heavy atom. The minimum absolute atomic E-state index is 0.258. The molecular formula is C18H19NO6. The minimum atomic E-state index is -0.587. The van der Waals surface area contributed by atoms with E-state index in [0.717, 1.165) is 0 Å². The summed E-state index contributed by atoms with van der Waals surface area (Å²) < 4.78 is 21.6. The lowest BCUT2D eigenvalue weighted by atomic mass is 10.2. The quantitative estimate of drug-likeness (QED) is 0.834. The fourth-order valence-electron chi connectivity index (χ4n) is 2.48. The Hall–Kier alpha value is -2.96. The number of hydrogen-bond acceptors (Lipinski definition) is 6. The van der Waals surface area contributed by atoms with Crippen LogP contribution in [0.5, 0.6) is 11.5 Å². The lowest BCUT2D eigenvalue weighted by Gasteiger charge is -2.26. The highest BCUT2D eigenvalue weighted by molar-refractivity contribution is 5.92. The summed E-state index contributed by atoms with van der Waals surface area (Å²) in [5, 5.41) is 2.67. The number of fused-ring (bicyclic) bond motifs is 1. The monoisotopic (exact) mass is 345 g/mol. The first kappa shape index (κ1) is 16.9.